The quantitative estimate of drug-likeness (QED) is 0.598. The lowest BCUT2D eigenvalue weighted by atomic mass is 10.0. The first-order valence-electron chi connectivity index (χ1n) is 6.50. The second-order valence-corrected chi connectivity index (χ2v) is 4.90. The highest BCUT2D eigenvalue weighted by Crippen LogP contribution is 2.38. The number of carbonyl (C=O) groups excluding carboxylic acids is 1. The van der Waals surface area contributed by atoms with Crippen molar-refractivity contribution in [2.24, 2.45) is 0 Å². The van der Waals surface area contributed by atoms with Crippen molar-refractivity contribution in [3.05, 3.63) is 47.7 Å². The Labute approximate surface area is 132 Å². The van der Waals surface area contributed by atoms with Crippen LogP contribution in [-0.2, 0) is 17.1 Å². The Morgan fingerprint density at radius 3 is 2.04 bits per heavy atom. The predicted octanol–water partition coefficient (Wildman–Crippen LogP) is 4.65. The number of ketones is 1. The number of rotatable bonds is 3. The second-order valence-electron chi connectivity index (χ2n) is 4.90. The van der Waals surface area contributed by atoms with E-state index in [-0.39, 0.29) is 23.1 Å². The van der Waals surface area contributed by atoms with E-state index in [9.17, 15) is 31.1 Å². The van der Waals surface area contributed by atoms with Crippen LogP contribution in [0.2, 0.25) is 0 Å². The Bertz CT molecular complexity index is 754. The van der Waals surface area contributed by atoms with Crippen LogP contribution in [0.3, 0.4) is 0 Å². The molecule has 0 bridgehead atoms. The van der Waals surface area contributed by atoms with Crippen LogP contribution in [0.1, 0.15) is 18.1 Å². The van der Waals surface area contributed by atoms with E-state index in [1.807, 2.05) is 0 Å². The van der Waals surface area contributed by atoms with E-state index in [1.165, 1.54) is 25.4 Å². The summed E-state index contributed by atoms with van der Waals surface area (Å²) >= 11 is 0. The number of aromatic nitrogens is 2. The van der Waals surface area contributed by atoms with Gasteiger partial charge in [-0.2, -0.15) is 31.4 Å². The maximum absolute atomic E-state index is 12.8. The van der Waals surface area contributed by atoms with Crippen molar-refractivity contribution in [1.82, 2.24) is 9.78 Å². The van der Waals surface area contributed by atoms with E-state index >= 15 is 0 Å². The normalized spacial score (nSPS) is 12.8. The van der Waals surface area contributed by atoms with E-state index in [0.29, 0.717) is 12.1 Å². The number of halogens is 6. The number of benzene rings is 1. The summed E-state index contributed by atoms with van der Waals surface area (Å²) < 4.78 is 78.1. The lowest BCUT2D eigenvalue weighted by Crippen LogP contribution is -2.11. The second kappa shape index (κ2) is 6.14. The molecule has 0 radical (unpaired) electrons. The minimum atomic E-state index is -4.92. The van der Waals surface area contributed by atoms with Gasteiger partial charge in [-0.05, 0) is 37.3 Å². The maximum Gasteiger partial charge on any atom is 0.416 e. The van der Waals surface area contributed by atoms with Gasteiger partial charge in [-0.15, -0.1) is 0 Å². The number of hydrogen-bond acceptors (Lipinski definition) is 2. The Morgan fingerprint density at radius 1 is 1.04 bits per heavy atom. The van der Waals surface area contributed by atoms with Crippen LogP contribution in [0.5, 0.6) is 0 Å². The number of nitrogens with zero attached hydrogens (tertiary/aromatic N) is 2. The minimum Gasteiger partial charge on any atom is -0.295 e. The molecule has 0 saturated heterocycles. The van der Waals surface area contributed by atoms with Gasteiger partial charge in [-0.25, -0.2) is 4.68 Å². The van der Waals surface area contributed by atoms with Crippen LogP contribution in [0.4, 0.5) is 26.3 Å². The topological polar surface area (TPSA) is 34.9 Å². The lowest BCUT2D eigenvalue weighted by Gasteiger charge is -2.13. The van der Waals surface area contributed by atoms with Crippen LogP contribution in [0.25, 0.3) is 17.5 Å². The number of allylic oxidation sites excluding steroid dienone is 1. The average Bonchev–Trinajstić information content (AvgIpc) is 2.91. The zero-order valence-electron chi connectivity index (χ0n) is 12.1. The summed E-state index contributed by atoms with van der Waals surface area (Å²) in [5.41, 5.74) is -3.24. The van der Waals surface area contributed by atoms with E-state index in [0.717, 1.165) is 10.8 Å². The Morgan fingerprint density at radius 2 is 1.58 bits per heavy atom. The Hall–Kier alpha value is -2.58. The van der Waals surface area contributed by atoms with Gasteiger partial charge in [0.1, 0.15) is 0 Å². The highest BCUT2D eigenvalue weighted by Gasteiger charge is 2.37. The van der Waals surface area contributed by atoms with Crippen molar-refractivity contribution in [2.75, 3.05) is 0 Å². The number of carbonyl (C=O) groups is 1. The van der Waals surface area contributed by atoms with E-state index < -0.39 is 23.5 Å². The molecule has 0 fully saturated rings. The molecule has 0 unspecified atom stereocenters. The molecule has 128 valence electrons. The first-order valence-corrected chi connectivity index (χ1v) is 6.50. The molecule has 2 rings (SSSR count). The third-order valence-corrected chi connectivity index (χ3v) is 2.95. The highest BCUT2D eigenvalue weighted by atomic mass is 19.4. The summed E-state index contributed by atoms with van der Waals surface area (Å²) in [6.07, 6.45) is -6.14. The summed E-state index contributed by atoms with van der Waals surface area (Å²) in [5, 5.41) is 3.84. The summed E-state index contributed by atoms with van der Waals surface area (Å²) in [6, 6.07) is 2.49. The summed E-state index contributed by atoms with van der Waals surface area (Å²) in [6.45, 7) is 1.28. The fourth-order valence-corrected chi connectivity index (χ4v) is 1.86. The highest BCUT2D eigenvalue weighted by molar-refractivity contribution is 5.89. The number of alkyl halides is 6. The molecular weight excluding hydrogens is 338 g/mol. The van der Waals surface area contributed by atoms with Crippen LogP contribution in [0.15, 0.2) is 36.5 Å². The molecule has 24 heavy (non-hydrogen) atoms. The molecule has 0 saturated carbocycles. The van der Waals surface area contributed by atoms with E-state index in [1.54, 1.807) is 0 Å². The van der Waals surface area contributed by atoms with Gasteiger partial charge in [0, 0.05) is 18.0 Å². The molecule has 0 aliphatic rings. The largest absolute Gasteiger partial charge is 0.416 e. The van der Waals surface area contributed by atoms with Gasteiger partial charge in [0.05, 0.1) is 16.8 Å². The molecule has 0 atom stereocenters. The molecule has 0 aliphatic heterocycles. The van der Waals surface area contributed by atoms with Crippen molar-refractivity contribution in [1.29, 1.82) is 0 Å². The van der Waals surface area contributed by atoms with Gasteiger partial charge in [0.25, 0.3) is 0 Å². The molecule has 0 spiro atoms. The van der Waals surface area contributed by atoms with Crippen molar-refractivity contribution in [3.63, 3.8) is 0 Å². The molecular formula is C15H10F6N2O. The first-order chi connectivity index (χ1) is 11.0. The van der Waals surface area contributed by atoms with Crippen LogP contribution >= 0.6 is 0 Å². The van der Waals surface area contributed by atoms with Gasteiger partial charge in [-0.3, -0.25) is 4.79 Å². The molecule has 2 aromatic rings. The van der Waals surface area contributed by atoms with Gasteiger partial charge < -0.3 is 0 Å². The third-order valence-electron chi connectivity index (χ3n) is 2.95. The van der Waals surface area contributed by atoms with Crippen molar-refractivity contribution in [3.8, 4) is 11.3 Å². The van der Waals surface area contributed by atoms with Crippen molar-refractivity contribution < 1.29 is 31.1 Å². The molecule has 1 aromatic carbocycles. The van der Waals surface area contributed by atoms with Crippen LogP contribution in [0, 0.1) is 0 Å². The summed E-state index contributed by atoms with van der Waals surface area (Å²) in [4.78, 5) is 10.8. The molecule has 1 aromatic heterocycles. The molecule has 0 N–H and O–H groups in total. The van der Waals surface area contributed by atoms with Crippen LogP contribution in [-0.4, -0.2) is 15.6 Å². The Kier molecular flexibility index (Phi) is 4.54. The molecule has 9 heteroatoms. The van der Waals surface area contributed by atoms with E-state index in [2.05, 4.69) is 5.10 Å². The van der Waals surface area contributed by atoms with Crippen molar-refractivity contribution >= 4 is 12.0 Å². The molecule has 3 nitrogen and oxygen atoms in total. The Balaban J connectivity index is 2.52. The summed E-state index contributed by atoms with van der Waals surface area (Å²) in [5.74, 6) is -0.287. The van der Waals surface area contributed by atoms with Gasteiger partial charge >= 0.3 is 12.4 Å². The standard InChI is InChI=1S/C15H10F6N2O/c1-9(24)2-4-23-5-3-13(22-23)10-6-11(14(16,17)18)8-12(7-10)15(19,20)21/h2-8H,1H3/b4-2-. The monoisotopic (exact) mass is 348 g/mol. The van der Waals surface area contributed by atoms with E-state index in [4.69, 9.17) is 0 Å². The minimum absolute atomic E-state index is 0.0517. The zero-order valence-corrected chi connectivity index (χ0v) is 12.1. The third kappa shape index (κ3) is 4.24. The number of hydrogen-bond donors (Lipinski definition) is 0. The van der Waals surface area contributed by atoms with Crippen molar-refractivity contribution in [2.45, 2.75) is 19.3 Å². The fraction of sp³-hybridized carbons (Fsp3) is 0.200. The average molecular weight is 348 g/mol. The van der Waals surface area contributed by atoms with Gasteiger partial charge in [0.2, 0.25) is 0 Å². The van der Waals surface area contributed by atoms with Gasteiger partial charge in [-0.1, -0.05) is 0 Å². The lowest BCUT2D eigenvalue weighted by molar-refractivity contribution is -0.143. The summed E-state index contributed by atoms with van der Waals surface area (Å²) in [7, 11) is 0. The zero-order chi connectivity index (χ0) is 18.1. The predicted molar refractivity (Wildman–Crippen MR) is 73.7 cm³/mol. The van der Waals surface area contributed by atoms with Crippen LogP contribution < -0.4 is 0 Å². The maximum atomic E-state index is 12.8. The molecule has 0 amide bonds. The first kappa shape index (κ1) is 17.8. The molecule has 1 heterocycles. The fourth-order valence-electron chi connectivity index (χ4n) is 1.86. The molecule has 0 aliphatic carbocycles. The SMILES string of the molecule is CC(=O)/C=C\n1ccc(-c2cc(C(F)(F)F)cc(C(F)(F)F)c2)n1. The smallest absolute Gasteiger partial charge is 0.295 e. The van der Waals surface area contributed by atoms with Gasteiger partial charge in [0.15, 0.2) is 5.78 Å².